The zero-order chi connectivity index (χ0) is 26.9. The van der Waals surface area contributed by atoms with E-state index in [1.165, 1.54) is 23.3 Å². The number of nitrogens with one attached hydrogen (secondary N) is 2. The van der Waals surface area contributed by atoms with Crippen molar-refractivity contribution in [3.63, 3.8) is 0 Å². The summed E-state index contributed by atoms with van der Waals surface area (Å²) in [4.78, 5) is 34.1. The van der Waals surface area contributed by atoms with Crippen LogP contribution >= 0.6 is 11.6 Å². The van der Waals surface area contributed by atoms with Crippen molar-refractivity contribution in [1.82, 2.24) is 34.8 Å². The zero-order valence-electron chi connectivity index (χ0n) is 19.4. The Balaban J connectivity index is 1.48. The second kappa shape index (κ2) is 10.5. The van der Waals surface area contributed by atoms with E-state index in [4.69, 9.17) is 16.3 Å². The highest BCUT2D eigenvalue weighted by Gasteiger charge is 2.41. The molecule has 198 valence electrons. The number of anilines is 1. The molecule has 38 heavy (non-hydrogen) atoms. The monoisotopic (exact) mass is 548 g/mol. The first-order chi connectivity index (χ1) is 18.2. The van der Waals surface area contributed by atoms with Crippen molar-refractivity contribution < 1.29 is 27.8 Å². The molecule has 0 saturated carbocycles. The Labute approximate surface area is 218 Å². The van der Waals surface area contributed by atoms with Gasteiger partial charge in [-0.3, -0.25) is 19.3 Å². The van der Waals surface area contributed by atoms with Gasteiger partial charge in [0, 0.05) is 30.6 Å². The molecule has 3 N–H and O–H groups in total. The number of imidazole rings is 1. The fourth-order valence-electron chi connectivity index (χ4n) is 3.94. The highest BCUT2D eigenvalue weighted by atomic mass is 35.5. The van der Waals surface area contributed by atoms with E-state index in [9.17, 15) is 23.1 Å². The van der Waals surface area contributed by atoms with Crippen LogP contribution in [0, 0.1) is 0 Å². The highest BCUT2D eigenvalue weighted by molar-refractivity contribution is 6.30. The first kappa shape index (κ1) is 25.8. The lowest BCUT2D eigenvalue weighted by atomic mass is 10.2. The largest absolute Gasteiger partial charge is 0.405 e. The van der Waals surface area contributed by atoms with Gasteiger partial charge in [-0.25, -0.2) is 15.0 Å². The van der Waals surface area contributed by atoms with Crippen LogP contribution in [0.15, 0.2) is 49.2 Å². The van der Waals surface area contributed by atoms with Gasteiger partial charge in [0.1, 0.15) is 18.8 Å². The topological polar surface area (TPSA) is 140 Å². The molecular weight excluding hydrogens is 529 g/mol. The number of carbonyl (C=O) groups is 1. The molecule has 1 amide bonds. The van der Waals surface area contributed by atoms with Crippen molar-refractivity contribution >= 4 is 34.5 Å². The summed E-state index contributed by atoms with van der Waals surface area (Å²) >= 11 is 6.11. The summed E-state index contributed by atoms with van der Waals surface area (Å²) in [5.41, 5.74) is 1.83. The van der Waals surface area contributed by atoms with E-state index in [0.29, 0.717) is 28.5 Å². The van der Waals surface area contributed by atoms with Gasteiger partial charge >= 0.3 is 6.18 Å². The number of pyridine rings is 2. The minimum atomic E-state index is -4.58. The van der Waals surface area contributed by atoms with Gasteiger partial charge in [0.15, 0.2) is 29.0 Å². The molecule has 5 heterocycles. The second-order valence-electron chi connectivity index (χ2n) is 8.44. The third-order valence-corrected chi connectivity index (χ3v) is 5.87. The van der Waals surface area contributed by atoms with Crippen LogP contribution < -0.4 is 10.6 Å². The third kappa shape index (κ3) is 5.66. The lowest BCUT2D eigenvalue weighted by Crippen LogP contribution is -2.40. The molecule has 5 rings (SSSR count). The molecule has 0 aromatic carbocycles. The minimum Gasteiger partial charge on any atom is -0.388 e. The molecule has 3 atom stereocenters. The van der Waals surface area contributed by atoms with E-state index in [2.05, 4.69) is 30.2 Å². The van der Waals surface area contributed by atoms with E-state index in [1.54, 1.807) is 23.6 Å². The van der Waals surface area contributed by atoms with Crippen molar-refractivity contribution in [3.05, 3.63) is 59.9 Å². The average Bonchev–Trinajstić information content (AvgIpc) is 3.49. The molecule has 0 spiro atoms. The highest BCUT2D eigenvalue weighted by Crippen LogP contribution is 2.33. The molecule has 4 aromatic rings. The van der Waals surface area contributed by atoms with E-state index < -0.39 is 37.1 Å². The summed E-state index contributed by atoms with van der Waals surface area (Å²) in [5, 5.41) is 16.0. The summed E-state index contributed by atoms with van der Waals surface area (Å²) in [6.45, 7) is -1.19. The molecule has 4 aromatic heterocycles. The van der Waals surface area contributed by atoms with Gasteiger partial charge in [0.25, 0.3) is 0 Å². The molecule has 0 aliphatic carbocycles. The number of amides is 1. The number of aliphatic hydroxyl groups is 1. The maximum Gasteiger partial charge on any atom is 0.405 e. The normalized spacial score (nSPS) is 19.6. The van der Waals surface area contributed by atoms with Gasteiger partial charge in [0.05, 0.1) is 23.6 Å². The van der Waals surface area contributed by atoms with Crippen LogP contribution in [0.3, 0.4) is 0 Å². The van der Waals surface area contributed by atoms with Gasteiger partial charge in [-0.1, -0.05) is 17.7 Å². The Bertz CT molecular complexity index is 1450. The number of hydrogen-bond acceptors (Lipinski definition) is 9. The predicted molar refractivity (Wildman–Crippen MR) is 129 cm³/mol. The van der Waals surface area contributed by atoms with Crippen LogP contribution in [0.25, 0.3) is 22.6 Å². The summed E-state index contributed by atoms with van der Waals surface area (Å²) in [5.74, 6) is -0.391. The van der Waals surface area contributed by atoms with Crippen LogP contribution in [-0.2, 0) is 16.1 Å². The maximum atomic E-state index is 12.5. The lowest BCUT2D eigenvalue weighted by molar-refractivity contribution is -0.146. The maximum absolute atomic E-state index is 12.5. The number of nitrogens with zero attached hydrogens (tertiary/aromatic N) is 6. The Morgan fingerprint density at radius 1 is 1.24 bits per heavy atom. The second-order valence-corrected chi connectivity index (χ2v) is 8.87. The SMILES string of the molecule is O=C(NCC(F)(F)F)[C@@H]1C[C@@H](O)[C@H](n2cnc3c(NCc4ccccn4)nc(-c4cncc(Cl)c4)nc32)O1. The fourth-order valence-corrected chi connectivity index (χ4v) is 4.11. The van der Waals surface area contributed by atoms with Gasteiger partial charge in [-0.05, 0) is 18.2 Å². The molecule has 15 heteroatoms. The van der Waals surface area contributed by atoms with Crippen LogP contribution in [0.4, 0.5) is 19.0 Å². The van der Waals surface area contributed by atoms with E-state index >= 15 is 0 Å². The number of alkyl halides is 3. The summed E-state index contributed by atoms with van der Waals surface area (Å²) in [6.07, 6.45) is -2.44. The number of carbonyl (C=O) groups excluding carboxylic acids is 1. The number of rotatable bonds is 7. The average molecular weight is 549 g/mol. The Hall–Kier alpha value is -3.88. The number of aliphatic hydroxyl groups excluding tert-OH is 1. The molecule has 0 unspecified atom stereocenters. The molecule has 0 bridgehead atoms. The lowest BCUT2D eigenvalue weighted by Gasteiger charge is -2.17. The molecule has 1 aliphatic rings. The molecular formula is C23H20ClF3N8O3. The van der Waals surface area contributed by atoms with Crippen molar-refractivity contribution in [2.45, 2.75) is 37.6 Å². The number of halogens is 4. The Kier molecular flexibility index (Phi) is 7.10. The molecule has 1 aliphatic heterocycles. The quantitative estimate of drug-likeness (QED) is 0.318. The van der Waals surface area contributed by atoms with Crippen LogP contribution in [-0.4, -0.2) is 65.4 Å². The summed E-state index contributed by atoms with van der Waals surface area (Å²) < 4.78 is 44.6. The summed E-state index contributed by atoms with van der Waals surface area (Å²) in [6, 6.07) is 7.10. The number of hydrogen-bond donors (Lipinski definition) is 3. The van der Waals surface area contributed by atoms with Crippen LogP contribution in [0.2, 0.25) is 5.02 Å². The zero-order valence-corrected chi connectivity index (χ0v) is 20.2. The van der Waals surface area contributed by atoms with E-state index in [1.807, 2.05) is 12.1 Å². The third-order valence-electron chi connectivity index (χ3n) is 5.67. The van der Waals surface area contributed by atoms with Gasteiger partial charge in [-0.15, -0.1) is 0 Å². The molecule has 1 saturated heterocycles. The standard InChI is InChI=1S/C23H20ClF3N8O3/c24-13-5-12(7-28-8-13)18-33-19(30-9-14-3-1-2-4-29-14)17-20(34-18)35(11-32-17)22-15(36)6-16(38-22)21(37)31-10-23(25,26)27/h1-5,7-8,11,15-16,22,36H,6,9-10H2,(H,31,37)(H,30,33,34)/t15-,16+,22-/m1/s1. The van der Waals surface area contributed by atoms with Crippen LogP contribution in [0.1, 0.15) is 18.3 Å². The van der Waals surface area contributed by atoms with Gasteiger partial charge in [-0.2, -0.15) is 13.2 Å². The number of aromatic nitrogens is 6. The number of ether oxygens (including phenoxy) is 1. The Morgan fingerprint density at radius 2 is 2.08 bits per heavy atom. The van der Waals surface area contributed by atoms with Crippen molar-refractivity contribution in [1.29, 1.82) is 0 Å². The molecule has 1 fully saturated rings. The van der Waals surface area contributed by atoms with E-state index in [0.717, 1.165) is 5.69 Å². The van der Waals surface area contributed by atoms with E-state index in [-0.39, 0.29) is 17.9 Å². The van der Waals surface area contributed by atoms with Crippen molar-refractivity contribution in [3.8, 4) is 11.4 Å². The van der Waals surface area contributed by atoms with Gasteiger partial charge < -0.3 is 20.5 Å². The fraction of sp³-hybridized carbons (Fsp3) is 0.304. The van der Waals surface area contributed by atoms with Gasteiger partial charge in [0.2, 0.25) is 5.91 Å². The van der Waals surface area contributed by atoms with Crippen molar-refractivity contribution in [2.75, 3.05) is 11.9 Å². The Morgan fingerprint density at radius 3 is 2.82 bits per heavy atom. The summed E-state index contributed by atoms with van der Waals surface area (Å²) in [7, 11) is 0. The first-order valence-electron chi connectivity index (χ1n) is 11.4. The smallest absolute Gasteiger partial charge is 0.388 e. The number of fused-ring (bicyclic) bond motifs is 1. The minimum absolute atomic E-state index is 0.213. The molecule has 0 radical (unpaired) electrons. The molecule has 11 nitrogen and oxygen atoms in total. The van der Waals surface area contributed by atoms with Crippen LogP contribution in [0.5, 0.6) is 0 Å². The predicted octanol–water partition coefficient (Wildman–Crippen LogP) is 2.88. The first-order valence-corrected chi connectivity index (χ1v) is 11.7. The van der Waals surface area contributed by atoms with Crippen molar-refractivity contribution in [2.24, 2.45) is 0 Å².